The third kappa shape index (κ3) is 5.77. The number of aromatic hydroxyl groups is 1. The Labute approximate surface area is 207 Å². The van der Waals surface area contributed by atoms with E-state index < -0.39 is 5.91 Å². The molecular weight excluding hydrogens is 466 g/mol. The summed E-state index contributed by atoms with van der Waals surface area (Å²) in [6.07, 6.45) is 1.39. The number of hydrazone groups is 1. The number of hydrogen-bond acceptors (Lipinski definition) is 5. The van der Waals surface area contributed by atoms with Crippen LogP contribution in [0.2, 0.25) is 5.02 Å². The van der Waals surface area contributed by atoms with Gasteiger partial charge in [0.2, 0.25) is 0 Å². The lowest BCUT2D eigenvalue weighted by Crippen LogP contribution is -2.24. The molecule has 2 amide bonds. The minimum Gasteiger partial charge on any atom is -0.507 e. The average molecular weight is 488 g/mol. The minimum absolute atomic E-state index is 0.0626. The van der Waals surface area contributed by atoms with E-state index in [9.17, 15) is 14.7 Å². The van der Waals surface area contributed by atoms with Gasteiger partial charge < -0.3 is 15.2 Å². The van der Waals surface area contributed by atoms with Crippen molar-refractivity contribution in [3.63, 3.8) is 0 Å². The Hall–Kier alpha value is -4.36. The third-order valence-electron chi connectivity index (χ3n) is 5.33. The maximum Gasteiger partial charge on any atom is 0.277 e. The Balaban J connectivity index is 1.31. The molecule has 0 atom stereocenters. The monoisotopic (exact) mass is 487 g/mol. The van der Waals surface area contributed by atoms with Crippen LogP contribution in [0.5, 0.6) is 11.5 Å². The number of phenols is 1. The lowest BCUT2D eigenvalue weighted by Gasteiger charge is -2.10. The van der Waals surface area contributed by atoms with Crippen LogP contribution in [0.15, 0.2) is 84.0 Å². The smallest absolute Gasteiger partial charge is 0.277 e. The summed E-state index contributed by atoms with van der Waals surface area (Å²) < 4.78 is 5.47. The molecule has 8 heteroatoms. The Morgan fingerprint density at radius 3 is 2.57 bits per heavy atom. The number of halogens is 1. The highest BCUT2D eigenvalue weighted by molar-refractivity contribution is 6.31. The molecule has 0 aliphatic carbocycles. The molecule has 176 valence electrons. The summed E-state index contributed by atoms with van der Waals surface area (Å²) in [6.45, 7) is 1.56. The van der Waals surface area contributed by atoms with Crippen LogP contribution in [0.3, 0.4) is 0 Å². The first-order chi connectivity index (χ1) is 16.9. The summed E-state index contributed by atoms with van der Waals surface area (Å²) in [5.41, 5.74) is 4.74. The molecule has 0 fully saturated rings. The summed E-state index contributed by atoms with van der Waals surface area (Å²) in [5, 5.41) is 19.2. The highest BCUT2D eigenvalue weighted by atomic mass is 35.5. The number of benzene rings is 4. The zero-order valence-corrected chi connectivity index (χ0v) is 19.5. The van der Waals surface area contributed by atoms with Crippen LogP contribution >= 0.6 is 11.6 Å². The molecule has 0 saturated carbocycles. The van der Waals surface area contributed by atoms with Gasteiger partial charge in [0.1, 0.15) is 11.5 Å². The van der Waals surface area contributed by atoms with Gasteiger partial charge in [0.25, 0.3) is 11.8 Å². The summed E-state index contributed by atoms with van der Waals surface area (Å²) in [6, 6.07) is 22.6. The molecule has 0 unspecified atom stereocenters. The van der Waals surface area contributed by atoms with Crippen molar-refractivity contribution in [2.24, 2.45) is 5.10 Å². The van der Waals surface area contributed by atoms with Gasteiger partial charge in [0.15, 0.2) is 6.61 Å². The first-order valence-electron chi connectivity index (χ1n) is 10.7. The molecule has 0 aromatic heterocycles. The number of hydrogen-bond donors (Lipinski definition) is 3. The molecule has 0 bridgehead atoms. The lowest BCUT2D eigenvalue weighted by molar-refractivity contribution is -0.123. The van der Waals surface area contributed by atoms with Crippen LogP contribution in [0.4, 0.5) is 5.69 Å². The van der Waals surface area contributed by atoms with Crippen molar-refractivity contribution >= 4 is 46.1 Å². The van der Waals surface area contributed by atoms with Crippen molar-refractivity contribution in [2.45, 2.75) is 6.92 Å². The molecule has 35 heavy (non-hydrogen) atoms. The van der Waals surface area contributed by atoms with Gasteiger partial charge in [-0.15, -0.1) is 0 Å². The van der Waals surface area contributed by atoms with Crippen molar-refractivity contribution in [2.75, 3.05) is 11.9 Å². The summed E-state index contributed by atoms with van der Waals surface area (Å²) in [4.78, 5) is 24.6. The molecule has 4 aromatic carbocycles. The molecule has 4 rings (SSSR count). The number of amides is 2. The number of anilines is 1. The van der Waals surface area contributed by atoms with E-state index in [4.69, 9.17) is 16.3 Å². The first-order valence-corrected chi connectivity index (χ1v) is 11.1. The average Bonchev–Trinajstić information content (AvgIpc) is 2.87. The lowest BCUT2D eigenvalue weighted by atomic mass is 10.0. The van der Waals surface area contributed by atoms with Gasteiger partial charge in [-0.05, 0) is 65.7 Å². The molecule has 7 nitrogen and oxygen atoms in total. The predicted molar refractivity (Wildman–Crippen MR) is 137 cm³/mol. The Bertz CT molecular complexity index is 1420. The molecule has 0 spiro atoms. The van der Waals surface area contributed by atoms with Gasteiger partial charge in [-0.2, -0.15) is 5.10 Å². The maximum absolute atomic E-state index is 12.5. The normalized spacial score (nSPS) is 10.9. The number of phenolic OH excluding ortho intramolecular Hbond substituents is 1. The van der Waals surface area contributed by atoms with E-state index in [1.54, 1.807) is 48.5 Å². The van der Waals surface area contributed by atoms with Crippen LogP contribution in [0, 0.1) is 6.92 Å². The number of carbonyl (C=O) groups is 2. The van der Waals surface area contributed by atoms with Crippen LogP contribution in [0.1, 0.15) is 21.5 Å². The van der Waals surface area contributed by atoms with E-state index in [0.717, 1.165) is 16.3 Å². The summed E-state index contributed by atoms with van der Waals surface area (Å²) in [5.74, 6) is -0.274. The number of fused-ring (bicyclic) bond motifs is 1. The summed E-state index contributed by atoms with van der Waals surface area (Å²) >= 11 is 6.10. The second-order valence-electron chi connectivity index (χ2n) is 7.69. The standard InChI is InChI=1S/C27H22ClN3O4/c1-17-23(28)7-4-8-24(17)30-27(34)19-9-12-20(13-10-19)35-16-26(33)31-29-15-22-21-6-3-2-5-18(21)11-14-25(22)32/h2-15,32H,16H2,1H3,(H,30,34)(H,31,33). The van der Waals surface area contributed by atoms with E-state index in [1.807, 2.05) is 37.3 Å². The van der Waals surface area contributed by atoms with Crippen molar-refractivity contribution in [3.8, 4) is 11.5 Å². The van der Waals surface area contributed by atoms with E-state index in [2.05, 4.69) is 15.8 Å². The highest BCUT2D eigenvalue weighted by Crippen LogP contribution is 2.25. The van der Waals surface area contributed by atoms with Crippen LogP contribution < -0.4 is 15.5 Å². The zero-order chi connectivity index (χ0) is 24.8. The molecule has 0 aliphatic rings. The number of ether oxygens (including phenoxy) is 1. The Morgan fingerprint density at radius 2 is 1.77 bits per heavy atom. The topological polar surface area (TPSA) is 100 Å². The molecular formula is C27H22ClN3O4. The second-order valence-corrected chi connectivity index (χ2v) is 8.10. The van der Waals surface area contributed by atoms with Crippen LogP contribution in [-0.2, 0) is 4.79 Å². The maximum atomic E-state index is 12.5. The quantitative estimate of drug-likeness (QED) is 0.243. The minimum atomic E-state index is -0.473. The van der Waals surface area contributed by atoms with Crippen molar-refractivity contribution in [3.05, 3.63) is 101 Å². The molecule has 3 N–H and O–H groups in total. The van der Waals surface area contributed by atoms with Gasteiger partial charge in [0, 0.05) is 21.8 Å². The van der Waals surface area contributed by atoms with Crippen molar-refractivity contribution in [1.82, 2.24) is 5.43 Å². The molecule has 0 heterocycles. The summed E-state index contributed by atoms with van der Waals surface area (Å²) in [7, 11) is 0. The third-order valence-corrected chi connectivity index (χ3v) is 5.74. The second kappa shape index (κ2) is 10.7. The molecule has 0 aliphatic heterocycles. The highest BCUT2D eigenvalue weighted by Gasteiger charge is 2.10. The molecule has 0 saturated heterocycles. The van der Waals surface area contributed by atoms with Crippen molar-refractivity contribution < 1.29 is 19.4 Å². The first kappa shape index (κ1) is 23.8. The number of rotatable bonds is 7. The fraction of sp³-hybridized carbons (Fsp3) is 0.0741. The van der Waals surface area contributed by atoms with Gasteiger partial charge in [-0.3, -0.25) is 9.59 Å². The Kier molecular flexibility index (Phi) is 7.28. The van der Waals surface area contributed by atoms with Gasteiger partial charge in [0.05, 0.1) is 6.21 Å². The number of carbonyl (C=O) groups excluding carboxylic acids is 2. The molecule has 0 radical (unpaired) electrons. The van der Waals surface area contributed by atoms with Gasteiger partial charge >= 0.3 is 0 Å². The van der Waals surface area contributed by atoms with E-state index in [1.165, 1.54) is 6.21 Å². The fourth-order valence-electron chi connectivity index (χ4n) is 3.41. The number of nitrogens with one attached hydrogen (secondary N) is 2. The van der Waals surface area contributed by atoms with Gasteiger partial charge in [-0.1, -0.05) is 48.0 Å². The fourth-order valence-corrected chi connectivity index (χ4v) is 3.58. The SMILES string of the molecule is Cc1c(Cl)cccc1NC(=O)c1ccc(OCC(=O)NN=Cc2c(O)ccc3ccccc23)cc1. The zero-order valence-electron chi connectivity index (χ0n) is 18.8. The predicted octanol–water partition coefficient (Wildman–Crippen LogP) is 5.29. The van der Waals surface area contributed by atoms with E-state index in [-0.39, 0.29) is 18.3 Å². The van der Waals surface area contributed by atoms with E-state index >= 15 is 0 Å². The van der Waals surface area contributed by atoms with Gasteiger partial charge in [-0.25, -0.2) is 5.43 Å². The van der Waals surface area contributed by atoms with Crippen LogP contribution in [0.25, 0.3) is 10.8 Å². The molecule has 4 aromatic rings. The Morgan fingerprint density at radius 1 is 1.00 bits per heavy atom. The number of nitrogens with zero attached hydrogens (tertiary/aromatic N) is 1. The van der Waals surface area contributed by atoms with Crippen molar-refractivity contribution in [1.29, 1.82) is 0 Å². The van der Waals surface area contributed by atoms with Crippen LogP contribution in [-0.4, -0.2) is 29.7 Å². The van der Waals surface area contributed by atoms with E-state index in [0.29, 0.717) is 27.6 Å². The largest absolute Gasteiger partial charge is 0.507 e.